The summed E-state index contributed by atoms with van der Waals surface area (Å²) in [5.41, 5.74) is 8.32. The van der Waals surface area contributed by atoms with Crippen LogP contribution in [-0.4, -0.2) is 146 Å². The number of ether oxygens (including phenoxy) is 7. The molecule has 0 aromatic heterocycles. The van der Waals surface area contributed by atoms with E-state index < -0.39 is 24.7 Å². The molecule has 2 N–H and O–H groups in total. The van der Waals surface area contributed by atoms with Gasteiger partial charge in [-0.15, -0.1) is 23.2 Å². The first kappa shape index (κ1) is 70.2. The molecule has 3 fully saturated rings. The Hall–Kier alpha value is -9.86. The number of rotatable bonds is 18. The van der Waals surface area contributed by atoms with E-state index in [-0.39, 0.29) is 96.9 Å². The molecule has 0 bridgehead atoms. The number of aliphatic imine (C=N–C) groups is 1. The predicted octanol–water partition coefficient (Wildman–Crippen LogP) is 14.8. The molecule has 0 saturated carbocycles. The SMILES string of the molecule is C=CCOC(=O)N1c2cc(OCc3cccc(CC(=O)N4C[C@@H](CCl)c5c4cc(O)c4ccccc54)c3)c(OC)cc2C(=O)N2CCCC[C@H]2C1OC1CCCCO1.COc1cc2c(cc1OCc1cccc(CC(=O)N3C[C@@H](CCl)c4c3cc(O)c3ccccc43)c1)N=C[C@@H]1CCCCN1C2=O. The number of nitrogens with zero attached hydrogens (tertiary/aromatic N) is 6. The van der Waals surface area contributed by atoms with Gasteiger partial charge in [0.05, 0.1) is 73.0 Å². The van der Waals surface area contributed by atoms with Gasteiger partial charge in [0.25, 0.3) is 11.8 Å². The zero-order valence-corrected chi connectivity index (χ0v) is 59.1. The Balaban J connectivity index is 0.000000180. The number of aromatic hydroxyl groups is 2. The Labute approximate surface area is 607 Å². The highest BCUT2D eigenvalue weighted by atomic mass is 35.5. The Kier molecular flexibility index (Phi) is 21.1. The average Bonchev–Trinajstić information content (AvgIpc) is 1.64. The van der Waals surface area contributed by atoms with E-state index in [0.717, 1.165) is 106 Å². The lowest BCUT2D eigenvalue weighted by Crippen LogP contribution is -2.57. The van der Waals surface area contributed by atoms with E-state index in [2.05, 4.69) is 11.6 Å². The van der Waals surface area contributed by atoms with Crippen molar-refractivity contribution in [1.82, 2.24) is 9.80 Å². The van der Waals surface area contributed by atoms with Crippen LogP contribution in [0.5, 0.6) is 34.5 Å². The summed E-state index contributed by atoms with van der Waals surface area (Å²) in [6.07, 6.45) is 9.41. The lowest BCUT2D eigenvalue weighted by Gasteiger charge is -2.42. The van der Waals surface area contributed by atoms with E-state index in [4.69, 9.17) is 56.4 Å². The standard InChI is InChI=1S/C45H48ClN3O9.C36H34ClN3O5/c1-3-18-56-45(53)49-35-24-39(38(54-2)22-33(35)43(52)47-17-8-6-15-34(47)44(49)58-41-16-7-9-19-55-41)57-27-29-12-10-11-28(20-29)21-40(51)48-26-30(25-46)42-32-14-5-4-13-31(32)37(50)23-36(42)48;1-44-32-15-28-29(38-19-25-9-4-5-12-39(25)36(28)43)16-33(32)45-21-23-8-6-7-22(13-23)14-34(42)40-20-24(18-37)35-27-11-3-2-10-26(27)31(41)17-30(35)40/h3-5,10-14,20,22-24,30,34,41,44,50H,1,6-9,15-19,21,25-27H2,2H3;2-3,6-8,10-11,13,15-17,19,24-25,41H,4-5,9,12,14,18,20-21H2,1H3/t30-,34+,41?,44?;24-,25+/m11/s1. The van der Waals surface area contributed by atoms with Crippen LogP contribution >= 0.6 is 23.2 Å². The second-order valence-corrected chi connectivity index (χ2v) is 27.6. The van der Waals surface area contributed by atoms with E-state index >= 15 is 0 Å². The second-order valence-electron chi connectivity index (χ2n) is 27.0. The molecule has 22 heteroatoms. The number of benzene rings is 8. The van der Waals surface area contributed by atoms with Crippen molar-refractivity contribution in [3.05, 3.63) is 191 Å². The molecule has 7 aliphatic rings. The van der Waals surface area contributed by atoms with E-state index in [1.165, 1.54) is 18.1 Å². The number of phenolic OH excluding ortho intramolecular Hbond substituents is 2. The van der Waals surface area contributed by atoms with Crippen molar-refractivity contribution in [3.8, 4) is 34.5 Å². The molecule has 0 spiro atoms. The van der Waals surface area contributed by atoms with Crippen molar-refractivity contribution in [1.29, 1.82) is 0 Å². The van der Waals surface area contributed by atoms with Crippen molar-refractivity contribution in [2.75, 3.05) is 80.1 Å². The molecule has 534 valence electrons. The Bertz CT molecular complexity index is 4620. The Morgan fingerprint density at radius 3 is 1.69 bits per heavy atom. The Morgan fingerprint density at radius 2 is 1.13 bits per heavy atom. The van der Waals surface area contributed by atoms with Gasteiger partial charge in [-0.3, -0.25) is 24.2 Å². The van der Waals surface area contributed by atoms with Gasteiger partial charge in [0.15, 0.2) is 35.5 Å². The lowest BCUT2D eigenvalue weighted by atomic mass is 9.95. The van der Waals surface area contributed by atoms with Crippen molar-refractivity contribution < 1.29 is 67.3 Å². The van der Waals surface area contributed by atoms with Crippen LogP contribution in [0.4, 0.5) is 27.5 Å². The molecule has 7 aliphatic heterocycles. The zero-order chi connectivity index (χ0) is 71.4. The number of alkyl halides is 2. The summed E-state index contributed by atoms with van der Waals surface area (Å²) < 4.78 is 42.2. The van der Waals surface area contributed by atoms with Gasteiger partial charge in [-0.2, -0.15) is 0 Å². The highest BCUT2D eigenvalue weighted by Gasteiger charge is 2.47. The molecule has 20 nitrogen and oxygen atoms in total. The summed E-state index contributed by atoms with van der Waals surface area (Å²) in [7, 11) is 3.06. The van der Waals surface area contributed by atoms with Gasteiger partial charge in [-0.1, -0.05) is 110 Å². The van der Waals surface area contributed by atoms with Gasteiger partial charge in [0.1, 0.15) is 31.3 Å². The van der Waals surface area contributed by atoms with Gasteiger partial charge in [-0.05, 0) is 114 Å². The number of anilines is 3. The summed E-state index contributed by atoms with van der Waals surface area (Å²) >= 11 is 12.8. The number of piperidine rings is 2. The smallest absolute Gasteiger partial charge is 0.416 e. The van der Waals surface area contributed by atoms with Crippen molar-refractivity contribution in [3.63, 3.8) is 0 Å². The molecule has 3 saturated heterocycles. The summed E-state index contributed by atoms with van der Waals surface area (Å²) in [6.45, 7) is 6.69. The first-order valence-corrected chi connectivity index (χ1v) is 36.4. The topological polar surface area (TPSA) is 219 Å². The molecule has 103 heavy (non-hydrogen) atoms. The molecule has 15 rings (SSSR count). The third kappa shape index (κ3) is 14.3. The fourth-order valence-corrected chi connectivity index (χ4v) is 16.1. The van der Waals surface area contributed by atoms with Gasteiger partial charge in [-0.25, -0.2) is 9.69 Å². The number of amides is 5. The minimum Gasteiger partial charge on any atom is -0.507 e. The molecule has 0 aliphatic carbocycles. The minimum absolute atomic E-state index is 0.0133. The first-order chi connectivity index (χ1) is 50.2. The second kappa shape index (κ2) is 31.0. The third-order valence-corrected chi connectivity index (χ3v) is 21.3. The fourth-order valence-electron chi connectivity index (χ4n) is 15.6. The van der Waals surface area contributed by atoms with E-state index in [1.54, 1.807) is 58.2 Å². The molecule has 5 amide bonds. The molecule has 7 heterocycles. The quantitative estimate of drug-likeness (QED) is 0.0603. The van der Waals surface area contributed by atoms with Crippen LogP contribution in [0.15, 0.2) is 151 Å². The number of fused-ring (bicyclic) bond motifs is 10. The van der Waals surface area contributed by atoms with Crippen LogP contribution in [-0.2, 0) is 49.9 Å². The maximum absolute atomic E-state index is 14.3. The van der Waals surface area contributed by atoms with E-state index in [1.807, 2.05) is 108 Å². The minimum atomic E-state index is -0.883. The van der Waals surface area contributed by atoms with Crippen molar-refractivity contribution in [2.45, 2.75) is 120 Å². The van der Waals surface area contributed by atoms with Gasteiger partial charge in [0.2, 0.25) is 11.8 Å². The summed E-state index contributed by atoms with van der Waals surface area (Å²) in [4.78, 5) is 82.5. The number of carbonyl (C=O) groups is 5. The number of methoxy groups -OCH3 is 2. The summed E-state index contributed by atoms with van der Waals surface area (Å²) in [6, 6.07) is 40.3. The van der Waals surface area contributed by atoms with Crippen LogP contribution in [0.3, 0.4) is 0 Å². The lowest BCUT2D eigenvalue weighted by molar-refractivity contribution is -0.198. The summed E-state index contributed by atoms with van der Waals surface area (Å²) in [5, 5.41) is 24.9. The van der Waals surface area contributed by atoms with Crippen LogP contribution in [0.1, 0.15) is 124 Å². The van der Waals surface area contributed by atoms with E-state index in [9.17, 15) is 34.2 Å². The molecule has 0 radical (unpaired) electrons. The normalized spacial score (nSPS) is 20.3. The molecule has 2 unspecified atom stereocenters. The van der Waals surface area contributed by atoms with Crippen molar-refractivity contribution >= 4 is 103 Å². The highest BCUT2D eigenvalue weighted by molar-refractivity contribution is 6.20. The van der Waals surface area contributed by atoms with E-state index in [0.29, 0.717) is 96.5 Å². The molecule has 8 aromatic carbocycles. The van der Waals surface area contributed by atoms with Gasteiger partial charge >= 0.3 is 6.09 Å². The Morgan fingerprint density at radius 1 is 0.592 bits per heavy atom. The average molecular weight is 1430 g/mol. The maximum Gasteiger partial charge on any atom is 0.416 e. The fraction of sp³-hybridized carbons (Fsp3) is 0.358. The number of phenols is 2. The van der Waals surface area contributed by atoms with Gasteiger partial charge < -0.3 is 63.0 Å². The molecule has 6 atom stereocenters. The number of halogens is 2. The van der Waals surface area contributed by atoms with Crippen LogP contribution in [0.25, 0.3) is 21.5 Å². The van der Waals surface area contributed by atoms with Crippen LogP contribution in [0, 0.1) is 0 Å². The van der Waals surface area contributed by atoms with Crippen molar-refractivity contribution in [2.24, 2.45) is 4.99 Å². The summed E-state index contributed by atoms with van der Waals surface area (Å²) in [5.74, 6) is 2.03. The third-order valence-electron chi connectivity index (χ3n) is 20.6. The van der Waals surface area contributed by atoms with Crippen LogP contribution in [0.2, 0.25) is 0 Å². The van der Waals surface area contributed by atoms with Gasteiger partial charge in [0, 0.05) is 97.6 Å². The maximum atomic E-state index is 14.3. The molecule has 8 aromatic rings. The highest BCUT2D eigenvalue weighted by Crippen LogP contribution is 2.49. The molecular weight excluding hydrogens is 1350 g/mol. The monoisotopic (exact) mass is 1430 g/mol. The predicted molar refractivity (Wildman–Crippen MR) is 396 cm³/mol. The largest absolute Gasteiger partial charge is 0.507 e. The first-order valence-electron chi connectivity index (χ1n) is 35.3. The number of carbonyl (C=O) groups excluding carboxylic acids is 5. The molecular formula is C81H82Cl2N6O14. The zero-order valence-electron chi connectivity index (χ0n) is 57.6. The van der Waals surface area contributed by atoms with Crippen LogP contribution < -0.4 is 33.6 Å². The number of hydrogen-bond donors (Lipinski definition) is 2. The number of hydrogen-bond acceptors (Lipinski definition) is 15.